The number of nitrogens with two attached hydrogens (primary N) is 1. The van der Waals surface area contributed by atoms with Crippen molar-refractivity contribution in [2.24, 2.45) is 16.1 Å². The van der Waals surface area contributed by atoms with E-state index in [1.807, 2.05) is 6.20 Å². The number of hydrogen-bond acceptors (Lipinski definition) is 3. The number of primary amides is 1. The monoisotopic (exact) mass is 217 g/mol. The Morgan fingerprint density at radius 3 is 3.00 bits per heavy atom. The average molecular weight is 217 g/mol. The fourth-order valence-corrected chi connectivity index (χ4v) is 2.77. The van der Waals surface area contributed by atoms with Gasteiger partial charge in [0.1, 0.15) is 11.9 Å². The van der Waals surface area contributed by atoms with Crippen LogP contribution in [0.15, 0.2) is 29.4 Å². The fourth-order valence-electron chi connectivity index (χ4n) is 2.77. The number of nitrogens with zero attached hydrogens (tertiary/aromatic N) is 2. The van der Waals surface area contributed by atoms with E-state index in [1.165, 1.54) is 6.42 Å². The first kappa shape index (κ1) is 9.63. The Bertz CT molecular complexity index is 418. The Labute approximate surface area is 94.5 Å². The van der Waals surface area contributed by atoms with Crippen LogP contribution in [0.4, 0.5) is 0 Å². The molecule has 0 bridgehead atoms. The molecule has 1 aliphatic carbocycles. The van der Waals surface area contributed by atoms with Gasteiger partial charge in [-0.3, -0.25) is 9.79 Å². The first-order valence-corrected chi connectivity index (χ1v) is 5.71. The van der Waals surface area contributed by atoms with E-state index in [9.17, 15) is 4.79 Å². The number of hydrogen-bond donors (Lipinski definition) is 1. The molecule has 4 heteroatoms. The van der Waals surface area contributed by atoms with E-state index in [0.717, 1.165) is 19.4 Å². The lowest BCUT2D eigenvalue weighted by atomic mass is 9.65. The molecule has 84 valence electrons. The molecule has 0 saturated heterocycles. The molecule has 1 atom stereocenters. The van der Waals surface area contributed by atoms with Gasteiger partial charge in [-0.1, -0.05) is 18.6 Å². The minimum Gasteiger partial charge on any atom is -0.364 e. The lowest BCUT2D eigenvalue weighted by Crippen LogP contribution is -2.52. The third-order valence-electron chi connectivity index (χ3n) is 3.82. The zero-order valence-electron chi connectivity index (χ0n) is 9.10. The van der Waals surface area contributed by atoms with Gasteiger partial charge in [-0.2, -0.15) is 0 Å². The summed E-state index contributed by atoms with van der Waals surface area (Å²) in [5.41, 5.74) is 5.84. The number of aliphatic imine (C=N–C) groups is 1. The maximum atomic E-state index is 11.1. The second kappa shape index (κ2) is 3.20. The lowest BCUT2D eigenvalue weighted by Gasteiger charge is -2.51. The second-order valence-electron chi connectivity index (χ2n) is 4.75. The fraction of sp³-hybridized carbons (Fsp3) is 0.500. The SMILES string of the molecule is NC(=O)C1=NC2N(C=C1)CC=CC21CCC1. The van der Waals surface area contributed by atoms with Crippen LogP contribution in [-0.2, 0) is 4.79 Å². The lowest BCUT2D eigenvalue weighted by molar-refractivity contribution is -0.112. The number of carbonyl (C=O) groups excluding carboxylic acids is 1. The van der Waals surface area contributed by atoms with Gasteiger partial charge in [0.2, 0.25) is 0 Å². The van der Waals surface area contributed by atoms with Crippen molar-refractivity contribution >= 4 is 11.6 Å². The minimum absolute atomic E-state index is 0.0822. The third-order valence-corrected chi connectivity index (χ3v) is 3.82. The number of rotatable bonds is 1. The molecule has 2 heterocycles. The molecule has 0 radical (unpaired) electrons. The summed E-state index contributed by atoms with van der Waals surface area (Å²) in [6.45, 7) is 0.873. The molecule has 2 N–H and O–H groups in total. The van der Waals surface area contributed by atoms with Crippen LogP contribution in [0.2, 0.25) is 0 Å². The van der Waals surface area contributed by atoms with Gasteiger partial charge in [-0.05, 0) is 18.9 Å². The Kier molecular flexibility index (Phi) is 1.93. The predicted octanol–water partition coefficient (Wildman–Crippen LogP) is 0.808. The third kappa shape index (κ3) is 1.22. The van der Waals surface area contributed by atoms with Gasteiger partial charge in [0, 0.05) is 18.2 Å². The van der Waals surface area contributed by atoms with Crippen LogP contribution in [0, 0.1) is 5.41 Å². The molecule has 1 amide bonds. The van der Waals surface area contributed by atoms with Gasteiger partial charge in [-0.25, -0.2) is 0 Å². The van der Waals surface area contributed by atoms with E-state index in [1.54, 1.807) is 6.08 Å². The van der Waals surface area contributed by atoms with Crippen molar-refractivity contribution in [1.29, 1.82) is 0 Å². The molecule has 0 aromatic carbocycles. The molecular weight excluding hydrogens is 202 g/mol. The number of fused-ring (bicyclic) bond motifs is 2. The van der Waals surface area contributed by atoms with Gasteiger partial charge in [0.25, 0.3) is 5.91 Å². The molecule has 16 heavy (non-hydrogen) atoms. The summed E-state index contributed by atoms with van der Waals surface area (Å²) in [5.74, 6) is -0.431. The summed E-state index contributed by atoms with van der Waals surface area (Å²) in [4.78, 5) is 17.8. The molecular formula is C12H15N3O. The van der Waals surface area contributed by atoms with E-state index in [0.29, 0.717) is 5.71 Å². The van der Waals surface area contributed by atoms with Crippen molar-refractivity contribution in [1.82, 2.24) is 4.90 Å². The first-order valence-electron chi connectivity index (χ1n) is 5.71. The molecule has 3 aliphatic rings. The predicted molar refractivity (Wildman–Crippen MR) is 61.7 cm³/mol. The van der Waals surface area contributed by atoms with Gasteiger partial charge in [0.15, 0.2) is 0 Å². The summed E-state index contributed by atoms with van der Waals surface area (Å²) in [7, 11) is 0. The van der Waals surface area contributed by atoms with Gasteiger partial charge in [-0.15, -0.1) is 0 Å². The smallest absolute Gasteiger partial charge is 0.266 e. The standard InChI is InChI=1S/C12H15N3O/c13-10(16)9-3-8-15-7-2-6-12(4-1-5-12)11(15)14-9/h2-3,6,8,11H,1,4-5,7H2,(H2,13,16). The summed E-state index contributed by atoms with van der Waals surface area (Å²) in [5, 5.41) is 0. The van der Waals surface area contributed by atoms with Gasteiger partial charge in [0.05, 0.1) is 0 Å². The largest absolute Gasteiger partial charge is 0.364 e. The van der Waals surface area contributed by atoms with E-state index in [2.05, 4.69) is 22.0 Å². The molecule has 4 nitrogen and oxygen atoms in total. The number of carbonyl (C=O) groups is 1. The normalized spacial score (nSPS) is 29.6. The van der Waals surface area contributed by atoms with Crippen LogP contribution in [-0.4, -0.2) is 29.2 Å². The summed E-state index contributed by atoms with van der Waals surface area (Å²) < 4.78 is 0. The maximum absolute atomic E-state index is 11.1. The molecule has 1 unspecified atom stereocenters. The first-order chi connectivity index (χ1) is 7.71. The van der Waals surface area contributed by atoms with Crippen LogP contribution >= 0.6 is 0 Å². The van der Waals surface area contributed by atoms with Crippen molar-refractivity contribution in [3.63, 3.8) is 0 Å². The van der Waals surface area contributed by atoms with Crippen molar-refractivity contribution < 1.29 is 4.79 Å². The summed E-state index contributed by atoms with van der Waals surface area (Å²) >= 11 is 0. The highest BCUT2D eigenvalue weighted by atomic mass is 16.1. The Morgan fingerprint density at radius 2 is 2.38 bits per heavy atom. The maximum Gasteiger partial charge on any atom is 0.266 e. The van der Waals surface area contributed by atoms with Crippen LogP contribution < -0.4 is 5.73 Å². The van der Waals surface area contributed by atoms with E-state index in [4.69, 9.17) is 5.73 Å². The van der Waals surface area contributed by atoms with Gasteiger partial charge < -0.3 is 10.6 Å². The van der Waals surface area contributed by atoms with Crippen molar-refractivity contribution in [2.75, 3.05) is 6.54 Å². The summed E-state index contributed by atoms with van der Waals surface area (Å²) in [6, 6.07) is 0. The Hall–Kier alpha value is -1.58. The van der Waals surface area contributed by atoms with E-state index < -0.39 is 5.91 Å². The highest BCUT2D eigenvalue weighted by Gasteiger charge is 2.46. The topological polar surface area (TPSA) is 58.7 Å². The van der Waals surface area contributed by atoms with E-state index in [-0.39, 0.29) is 11.6 Å². The molecule has 1 spiro atoms. The molecule has 1 saturated carbocycles. The molecule has 0 aromatic rings. The Balaban J connectivity index is 1.97. The average Bonchev–Trinajstić information content (AvgIpc) is 2.25. The molecule has 3 rings (SSSR count). The molecule has 0 aromatic heterocycles. The highest BCUT2D eigenvalue weighted by molar-refractivity contribution is 6.43. The highest BCUT2D eigenvalue weighted by Crippen LogP contribution is 2.49. The van der Waals surface area contributed by atoms with E-state index >= 15 is 0 Å². The zero-order valence-corrected chi connectivity index (χ0v) is 9.10. The van der Waals surface area contributed by atoms with Crippen LogP contribution in [0.1, 0.15) is 19.3 Å². The van der Waals surface area contributed by atoms with Crippen LogP contribution in [0.25, 0.3) is 0 Å². The van der Waals surface area contributed by atoms with Crippen molar-refractivity contribution in [3.8, 4) is 0 Å². The molecule has 2 aliphatic heterocycles. The van der Waals surface area contributed by atoms with Crippen molar-refractivity contribution in [2.45, 2.75) is 25.4 Å². The van der Waals surface area contributed by atoms with Crippen LogP contribution in [0.3, 0.4) is 0 Å². The van der Waals surface area contributed by atoms with Gasteiger partial charge >= 0.3 is 0 Å². The quantitative estimate of drug-likeness (QED) is 0.661. The molecule has 1 fully saturated rings. The minimum atomic E-state index is -0.431. The van der Waals surface area contributed by atoms with Crippen LogP contribution in [0.5, 0.6) is 0 Å². The zero-order chi connectivity index (χ0) is 11.2. The summed E-state index contributed by atoms with van der Waals surface area (Å²) in [6.07, 6.45) is 11.8. The second-order valence-corrected chi connectivity index (χ2v) is 4.75. The number of amides is 1. The van der Waals surface area contributed by atoms with Crippen molar-refractivity contribution in [3.05, 3.63) is 24.4 Å². The Morgan fingerprint density at radius 1 is 1.56 bits per heavy atom.